The molecule has 0 amide bonds. The average molecular weight is 189 g/mol. The highest BCUT2D eigenvalue weighted by Gasteiger charge is 2.22. The molecular weight excluding hydrogens is 174 g/mol. The molecule has 1 rings (SSSR count). The zero-order valence-corrected chi connectivity index (χ0v) is 8.23. The molecule has 4 heteroatoms. The number of sulfonamides is 1. The molecule has 0 atom stereocenters. The van der Waals surface area contributed by atoms with Gasteiger partial charge in [0.15, 0.2) is 0 Å². The summed E-state index contributed by atoms with van der Waals surface area (Å²) in [6, 6.07) is 0. The molecule has 70 valence electrons. The van der Waals surface area contributed by atoms with Crippen LogP contribution in [-0.2, 0) is 10.0 Å². The van der Waals surface area contributed by atoms with E-state index >= 15 is 0 Å². The van der Waals surface area contributed by atoms with Crippen LogP contribution in [0.1, 0.15) is 19.8 Å². The predicted octanol–water partition coefficient (Wildman–Crippen LogP) is 0.988. The molecule has 0 unspecified atom stereocenters. The number of rotatable bonds is 2. The monoisotopic (exact) mass is 189 g/mol. The molecule has 0 aromatic carbocycles. The van der Waals surface area contributed by atoms with E-state index in [-0.39, 0.29) is 5.75 Å². The van der Waals surface area contributed by atoms with E-state index in [1.807, 2.05) is 0 Å². The van der Waals surface area contributed by atoms with Gasteiger partial charge in [0.25, 0.3) is 0 Å². The van der Waals surface area contributed by atoms with Gasteiger partial charge in [0.1, 0.15) is 0 Å². The first-order valence-corrected chi connectivity index (χ1v) is 5.81. The molecule has 3 nitrogen and oxygen atoms in total. The van der Waals surface area contributed by atoms with E-state index in [0.29, 0.717) is 13.1 Å². The molecule has 0 radical (unpaired) electrons. The number of hydrogen-bond acceptors (Lipinski definition) is 2. The largest absolute Gasteiger partial charge is 0.213 e. The lowest BCUT2D eigenvalue weighted by atomic mass is 10.1. The fourth-order valence-electron chi connectivity index (χ4n) is 1.26. The van der Waals surface area contributed by atoms with Gasteiger partial charge >= 0.3 is 0 Å². The number of nitrogens with zero attached hydrogens (tertiary/aromatic N) is 1. The highest BCUT2D eigenvalue weighted by atomic mass is 32.2. The van der Waals surface area contributed by atoms with Gasteiger partial charge in [0.2, 0.25) is 10.0 Å². The van der Waals surface area contributed by atoms with Crippen molar-refractivity contribution in [2.24, 2.45) is 0 Å². The van der Waals surface area contributed by atoms with Crippen LogP contribution in [0.15, 0.2) is 12.2 Å². The van der Waals surface area contributed by atoms with E-state index in [0.717, 1.165) is 18.4 Å². The van der Waals surface area contributed by atoms with Crippen molar-refractivity contribution >= 4 is 10.0 Å². The Balaban J connectivity index is 2.62. The predicted molar refractivity (Wildman–Crippen MR) is 49.4 cm³/mol. The van der Waals surface area contributed by atoms with Crippen LogP contribution in [0.2, 0.25) is 0 Å². The average Bonchev–Trinajstić information content (AvgIpc) is 2.05. The van der Waals surface area contributed by atoms with Crippen molar-refractivity contribution in [1.29, 1.82) is 0 Å². The van der Waals surface area contributed by atoms with Crippen LogP contribution in [0.25, 0.3) is 0 Å². The van der Waals surface area contributed by atoms with Crippen molar-refractivity contribution in [2.45, 2.75) is 19.8 Å². The molecule has 0 spiro atoms. The van der Waals surface area contributed by atoms with E-state index in [2.05, 4.69) is 6.58 Å². The standard InChI is InChI=1S/C8H15NO2S/c1-3-12(10,11)9-6-4-8(2)5-7-9/h2-7H2,1H3. The highest BCUT2D eigenvalue weighted by molar-refractivity contribution is 7.89. The Morgan fingerprint density at radius 1 is 1.42 bits per heavy atom. The second-order valence-corrected chi connectivity index (χ2v) is 5.31. The van der Waals surface area contributed by atoms with Crippen LogP contribution in [0.4, 0.5) is 0 Å². The smallest absolute Gasteiger partial charge is 0.212 e. The lowest BCUT2D eigenvalue weighted by Crippen LogP contribution is -2.37. The van der Waals surface area contributed by atoms with E-state index in [4.69, 9.17) is 0 Å². The molecule has 0 aromatic rings. The Hall–Kier alpha value is -0.350. The molecule has 1 fully saturated rings. The third kappa shape index (κ3) is 2.08. The topological polar surface area (TPSA) is 37.4 Å². The minimum absolute atomic E-state index is 0.208. The fourth-order valence-corrected chi connectivity index (χ4v) is 2.37. The van der Waals surface area contributed by atoms with Crippen LogP contribution < -0.4 is 0 Å². The maximum absolute atomic E-state index is 11.4. The van der Waals surface area contributed by atoms with Crippen molar-refractivity contribution in [3.05, 3.63) is 12.2 Å². The normalized spacial score (nSPS) is 21.2. The fraction of sp³-hybridized carbons (Fsp3) is 0.750. The van der Waals surface area contributed by atoms with Crippen molar-refractivity contribution in [2.75, 3.05) is 18.8 Å². The molecule has 1 saturated heterocycles. The summed E-state index contributed by atoms with van der Waals surface area (Å²) in [5.74, 6) is 0.208. The van der Waals surface area contributed by atoms with E-state index in [9.17, 15) is 8.42 Å². The van der Waals surface area contributed by atoms with Crippen LogP contribution in [-0.4, -0.2) is 31.6 Å². The minimum Gasteiger partial charge on any atom is -0.212 e. The van der Waals surface area contributed by atoms with Gasteiger partial charge in [-0.2, -0.15) is 0 Å². The summed E-state index contributed by atoms with van der Waals surface area (Å²) in [6.45, 7) is 6.75. The lowest BCUT2D eigenvalue weighted by Gasteiger charge is -2.26. The van der Waals surface area contributed by atoms with Crippen molar-refractivity contribution in [3.8, 4) is 0 Å². The molecule has 0 N–H and O–H groups in total. The van der Waals surface area contributed by atoms with Crippen molar-refractivity contribution < 1.29 is 8.42 Å². The molecule has 1 heterocycles. The molecule has 1 aliphatic rings. The van der Waals surface area contributed by atoms with Gasteiger partial charge in [-0.1, -0.05) is 12.2 Å². The maximum atomic E-state index is 11.4. The number of piperidine rings is 1. The van der Waals surface area contributed by atoms with Gasteiger partial charge in [-0.15, -0.1) is 0 Å². The second kappa shape index (κ2) is 3.58. The Kier molecular flexibility index (Phi) is 2.90. The summed E-state index contributed by atoms with van der Waals surface area (Å²) in [5, 5.41) is 0. The van der Waals surface area contributed by atoms with Gasteiger partial charge in [-0.05, 0) is 19.8 Å². The van der Waals surface area contributed by atoms with Crippen LogP contribution in [0.5, 0.6) is 0 Å². The molecular formula is C8H15NO2S. The van der Waals surface area contributed by atoms with Crippen LogP contribution in [0, 0.1) is 0 Å². The second-order valence-electron chi connectivity index (χ2n) is 3.05. The first-order valence-electron chi connectivity index (χ1n) is 4.20. The summed E-state index contributed by atoms with van der Waals surface area (Å²) < 4.78 is 24.3. The zero-order valence-electron chi connectivity index (χ0n) is 7.41. The van der Waals surface area contributed by atoms with Crippen molar-refractivity contribution in [1.82, 2.24) is 4.31 Å². The Bertz CT molecular complexity index is 259. The molecule has 0 aliphatic carbocycles. The first-order chi connectivity index (χ1) is 5.56. The Morgan fingerprint density at radius 3 is 2.33 bits per heavy atom. The van der Waals surface area contributed by atoms with Gasteiger partial charge < -0.3 is 0 Å². The SMILES string of the molecule is C=C1CCN(S(=O)(=O)CC)CC1. The first kappa shape index (κ1) is 9.74. The summed E-state index contributed by atoms with van der Waals surface area (Å²) >= 11 is 0. The number of hydrogen-bond donors (Lipinski definition) is 0. The third-order valence-electron chi connectivity index (χ3n) is 2.19. The van der Waals surface area contributed by atoms with Gasteiger partial charge in [-0.25, -0.2) is 12.7 Å². The maximum Gasteiger partial charge on any atom is 0.213 e. The van der Waals surface area contributed by atoms with E-state index < -0.39 is 10.0 Å². The summed E-state index contributed by atoms with van der Waals surface area (Å²) in [7, 11) is -2.95. The molecule has 0 saturated carbocycles. The van der Waals surface area contributed by atoms with Crippen LogP contribution in [0.3, 0.4) is 0 Å². The summed E-state index contributed by atoms with van der Waals surface area (Å²) in [5.41, 5.74) is 1.16. The minimum atomic E-state index is -2.95. The van der Waals surface area contributed by atoms with Crippen LogP contribution >= 0.6 is 0 Å². The third-order valence-corrected chi connectivity index (χ3v) is 4.07. The lowest BCUT2D eigenvalue weighted by molar-refractivity contribution is 0.388. The Morgan fingerprint density at radius 2 is 1.92 bits per heavy atom. The molecule has 0 aromatic heterocycles. The molecule has 12 heavy (non-hydrogen) atoms. The molecule has 1 aliphatic heterocycles. The van der Waals surface area contributed by atoms with Crippen molar-refractivity contribution in [3.63, 3.8) is 0 Å². The summed E-state index contributed by atoms with van der Waals surface area (Å²) in [6.07, 6.45) is 1.64. The van der Waals surface area contributed by atoms with Gasteiger partial charge in [0, 0.05) is 13.1 Å². The van der Waals surface area contributed by atoms with Gasteiger partial charge in [-0.3, -0.25) is 0 Å². The quantitative estimate of drug-likeness (QED) is 0.607. The van der Waals surface area contributed by atoms with E-state index in [1.165, 1.54) is 0 Å². The zero-order chi connectivity index (χ0) is 9.19. The molecule has 0 bridgehead atoms. The van der Waals surface area contributed by atoms with E-state index in [1.54, 1.807) is 11.2 Å². The summed E-state index contributed by atoms with van der Waals surface area (Å²) in [4.78, 5) is 0. The Labute approximate surface area is 74.1 Å². The highest BCUT2D eigenvalue weighted by Crippen LogP contribution is 2.16. The van der Waals surface area contributed by atoms with Gasteiger partial charge in [0.05, 0.1) is 5.75 Å².